The van der Waals surface area contributed by atoms with Crippen LogP contribution in [0.15, 0.2) is 24.3 Å². The Bertz CT molecular complexity index is 440. The van der Waals surface area contributed by atoms with Crippen molar-refractivity contribution < 1.29 is 23.5 Å². The minimum atomic E-state index is -2.46. The summed E-state index contributed by atoms with van der Waals surface area (Å²) in [5, 5.41) is 11.2. The molecule has 0 saturated heterocycles. The summed E-state index contributed by atoms with van der Waals surface area (Å²) < 4.78 is 23.6. The van der Waals surface area contributed by atoms with E-state index in [2.05, 4.69) is 5.32 Å². The maximum atomic E-state index is 11.8. The lowest BCUT2D eigenvalue weighted by atomic mass is 10.1. The van der Waals surface area contributed by atoms with Crippen molar-refractivity contribution in [3.8, 4) is 0 Å². The van der Waals surface area contributed by atoms with Gasteiger partial charge in [0, 0.05) is 17.9 Å². The number of aromatic carboxylic acids is 1. The molecule has 0 spiro atoms. The second kappa shape index (κ2) is 6.95. The van der Waals surface area contributed by atoms with Crippen LogP contribution in [0.25, 0.3) is 0 Å². The van der Waals surface area contributed by atoms with Gasteiger partial charge in [0.15, 0.2) is 0 Å². The summed E-state index contributed by atoms with van der Waals surface area (Å²) in [6.07, 6.45) is 0. The molecule has 0 heterocycles. The minimum Gasteiger partial charge on any atom is -0.478 e. The zero-order chi connectivity index (χ0) is 13.5. The number of carboxylic acid groups (broad SMARTS) is 1. The lowest BCUT2D eigenvalue weighted by Crippen LogP contribution is -2.26. The van der Waals surface area contributed by atoms with Crippen molar-refractivity contribution in [3.05, 3.63) is 35.4 Å². The number of carboxylic acids is 1. The molecule has 4 nitrogen and oxygen atoms in total. The minimum absolute atomic E-state index is 0.00426. The summed E-state index contributed by atoms with van der Waals surface area (Å²) in [4.78, 5) is 22.3. The molecule has 1 aromatic carbocycles. The van der Waals surface area contributed by atoms with Gasteiger partial charge in [-0.2, -0.15) is 8.78 Å². The van der Waals surface area contributed by atoms with Gasteiger partial charge in [-0.3, -0.25) is 4.79 Å². The molecule has 0 radical (unpaired) electrons. The molecule has 0 aliphatic heterocycles. The molecule has 1 aromatic rings. The number of nitrogens with one attached hydrogen (secondary N) is 1. The predicted molar refractivity (Wildman–Crippen MR) is 64.2 cm³/mol. The molecule has 1 amide bonds. The van der Waals surface area contributed by atoms with Gasteiger partial charge in [-0.05, 0) is 18.2 Å². The predicted octanol–water partition coefficient (Wildman–Crippen LogP) is 2.07. The zero-order valence-corrected chi connectivity index (χ0v) is 10.0. The Morgan fingerprint density at radius 1 is 1.33 bits per heavy atom. The standard InChI is InChI=1S/C11H11F2NO3S/c12-11(13)18-5-4-14-9(15)7-2-1-3-8(6-7)10(16)17/h1-3,6,11H,4-5H2,(H,14,15)(H,16,17). The number of alkyl halides is 2. The van der Waals surface area contributed by atoms with Gasteiger partial charge < -0.3 is 10.4 Å². The third-order valence-corrected chi connectivity index (χ3v) is 2.69. The number of benzene rings is 1. The van der Waals surface area contributed by atoms with Crippen LogP contribution in [0.2, 0.25) is 0 Å². The Hall–Kier alpha value is -1.63. The van der Waals surface area contributed by atoms with Gasteiger partial charge >= 0.3 is 5.97 Å². The third kappa shape index (κ3) is 4.70. The highest BCUT2D eigenvalue weighted by molar-refractivity contribution is 7.99. The molecule has 0 aliphatic rings. The number of amides is 1. The largest absolute Gasteiger partial charge is 0.478 e. The average molecular weight is 275 g/mol. The first-order chi connectivity index (χ1) is 8.50. The molecule has 0 fully saturated rings. The summed E-state index contributed by atoms with van der Waals surface area (Å²) in [5.41, 5.74) is 0.196. The van der Waals surface area contributed by atoms with Gasteiger partial charge in [0.25, 0.3) is 11.7 Å². The summed E-state index contributed by atoms with van der Waals surface area (Å²) in [5.74, 6) is -3.97. The van der Waals surface area contributed by atoms with Crippen LogP contribution < -0.4 is 5.32 Å². The molecule has 0 unspecified atom stereocenters. The highest BCUT2D eigenvalue weighted by atomic mass is 32.2. The quantitative estimate of drug-likeness (QED) is 0.780. The fourth-order valence-corrected chi connectivity index (χ4v) is 1.61. The molecule has 0 aliphatic carbocycles. The molecule has 7 heteroatoms. The van der Waals surface area contributed by atoms with E-state index in [0.717, 1.165) is 0 Å². The summed E-state index contributed by atoms with van der Waals surface area (Å²) in [6.45, 7) is 0.102. The highest BCUT2D eigenvalue weighted by Crippen LogP contribution is 2.11. The molecule has 0 saturated carbocycles. The summed E-state index contributed by atoms with van der Waals surface area (Å²) in [7, 11) is 0. The topological polar surface area (TPSA) is 66.4 Å². The first kappa shape index (κ1) is 14.4. The zero-order valence-electron chi connectivity index (χ0n) is 9.23. The van der Waals surface area contributed by atoms with Gasteiger partial charge in [-0.1, -0.05) is 17.8 Å². The molecule has 0 aromatic heterocycles. The van der Waals surface area contributed by atoms with Crippen LogP contribution in [-0.4, -0.2) is 35.0 Å². The van der Waals surface area contributed by atoms with Gasteiger partial charge in [0.1, 0.15) is 0 Å². The first-order valence-electron chi connectivity index (χ1n) is 5.02. The van der Waals surface area contributed by atoms with Crippen LogP contribution in [0.1, 0.15) is 20.7 Å². The van der Waals surface area contributed by atoms with E-state index >= 15 is 0 Å². The molecular weight excluding hydrogens is 264 g/mol. The number of halogens is 2. The van der Waals surface area contributed by atoms with Crippen LogP contribution >= 0.6 is 11.8 Å². The summed E-state index contributed by atoms with van der Waals surface area (Å²) >= 11 is 0.434. The molecular formula is C11H11F2NO3S. The number of hydrogen-bond donors (Lipinski definition) is 2. The average Bonchev–Trinajstić information content (AvgIpc) is 2.34. The van der Waals surface area contributed by atoms with Crippen LogP contribution in [0, 0.1) is 0 Å². The smallest absolute Gasteiger partial charge is 0.335 e. The molecule has 1 rings (SSSR count). The number of carbonyl (C=O) groups excluding carboxylic acids is 1. The van der Waals surface area contributed by atoms with E-state index in [9.17, 15) is 18.4 Å². The van der Waals surface area contributed by atoms with E-state index < -0.39 is 17.6 Å². The van der Waals surface area contributed by atoms with E-state index in [1.165, 1.54) is 24.3 Å². The van der Waals surface area contributed by atoms with Gasteiger partial charge in [-0.25, -0.2) is 4.79 Å². The van der Waals surface area contributed by atoms with E-state index in [1.807, 2.05) is 0 Å². The number of thioether (sulfide) groups is 1. The van der Waals surface area contributed by atoms with E-state index in [-0.39, 0.29) is 23.4 Å². The number of rotatable bonds is 6. The molecule has 2 N–H and O–H groups in total. The maximum Gasteiger partial charge on any atom is 0.335 e. The number of hydrogen-bond acceptors (Lipinski definition) is 3. The van der Waals surface area contributed by atoms with Crippen LogP contribution in [-0.2, 0) is 0 Å². The maximum absolute atomic E-state index is 11.8. The fraction of sp³-hybridized carbons (Fsp3) is 0.273. The van der Waals surface area contributed by atoms with Gasteiger partial charge in [-0.15, -0.1) is 0 Å². The normalized spacial score (nSPS) is 10.4. The lowest BCUT2D eigenvalue weighted by molar-refractivity contribution is 0.0697. The molecule has 0 atom stereocenters. The molecule has 18 heavy (non-hydrogen) atoms. The third-order valence-electron chi connectivity index (χ3n) is 2.00. The second-order valence-corrected chi connectivity index (χ2v) is 4.37. The second-order valence-electron chi connectivity index (χ2n) is 3.27. The SMILES string of the molecule is O=C(O)c1cccc(C(=O)NCCSC(F)F)c1. The Kier molecular flexibility index (Phi) is 5.57. The van der Waals surface area contributed by atoms with E-state index in [0.29, 0.717) is 11.8 Å². The van der Waals surface area contributed by atoms with Crippen molar-refractivity contribution in [1.82, 2.24) is 5.32 Å². The highest BCUT2D eigenvalue weighted by Gasteiger charge is 2.09. The molecule has 98 valence electrons. The van der Waals surface area contributed by atoms with Crippen molar-refractivity contribution in [1.29, 1.82) is 0 Å². The Morgan fingerprint density at radius 2 is 2.00 bits per heavy atom. The summed E-state index contributed by atoms with van der Waals surface area (Å²) in [6, 6.07) is 5.51. The monoisotopic (exact) mass is 275 g/mol. The Morgan fingerprint density at radius 3 is 2.61 bits per heavy atom. The van der Waals surface area contributed by atoms with Crippen molar-refractivity contribution in [2.24, 2.45) is 0 Å². The van der Waals surface area contributed by atoms with Crippen LogP contribution in [0.4, 0.5) is 8.78 Å². The van der Waals surface area contributed by atoms with Crippen LogP contribution in [0.3, 0.4) is 0 Å². The lowest BCUT2D eigenvalue weighted by Gasteiger charge is -2.05. The van der Waals surface area contributed by atoms with Crippen molar-refractivity contribution in [3.63, 3.8) is 0 Å². The van der Waals surface area contributed by atoms with Crippen molar-refractivity contribution in [2.45, 2.75) is 5.76 Å². The number of carbonyl (C=O) groups is 2. The first-order valence-corrected chi connectivity index (χ1v) is 6.07. The van der Waals surface area contributed by atoms with E-state index in [1.54, 1.807) is 0 Å². The fourth-order valence-electron chi connectivity index (χ4n) is 1.21. The van der Waals surface area contributed by atoms with Gasteiger partial charge in [0.05, 0.1) is 5.56 Å². The van der Waals surface area contributed by atoms with Crippen molar-refractivity contribution in [2.75, 3.05) is 12.3 Å². The Labute approximate surface area is 106 Å². The Balaban J connectivity index is 2.51. The van der Waals surface area contributed by atoms with Crippen molar-refractivity contribution >= 4 is 23.6 Å². The van der Waals surface area contributed by atoms with Crippen LogP contribution in [0.5, 0.6) is 0 Å². The molecule has 0 bridgehead atoms. The van der Waals surface area contributed by atoms with Gasteiger partial charge in [0.2, 0.25) is 0 Å². The van der Waals surface area contributed by atoms with E-state index in [4.69, 9.17) is 5.11 Å².